The average Bonchev–Trinajstić information content (AvgIpc) is 2.64. The molecule has 1 aliphatic rings. The van der Waals surface area contributed by atoms with Crippen LogP contribution < -0.4 is 15.9 Å². The maximum atomic E-state index is 6.71. The van der Waals surface area contributed by atoms with Gasteiger partial charge in [-0.3, -0.25) is 0 Å². The number of benzene rings is 3. The van der Waals surface area contributed by atoms with Crippen LogP contribution in [-0.4, -0.2) is 12.3 Å². The molecule has 0 bridgehead atoms. The summed E-state index contributed by atoms with van der Waals surface area (Å²) in [6, 6.07) is 32.5. The quantitative estimate of drug-likeness (QED) is 0.666. The van der Waals surface area contributed by atoms with Crippen LogP contribution in [0.3, 0.4) is 0 Å². The van der Waals surface area contributed by atoms with Gasteiger partial charge in [0, 0.05) is 0 Å². The molecule has 2 heteroatoms. The van der Waals surface area contributed by atoms with Crippen LogP contribution in [0.25, 0.3) is 0 Å². The standard InChI is InChI=1S/C21H21OP/c1-18-17-22-23(18,19-11-5-2-6-12-19,20-13-7-3-8-14-20)21-15-9-4-10-16-21/h2-16,18H,17H2,1H3. The Bertz CT molecular complexity index is 700. The Labute approximate surface area is 138 Å². The van der Waals surface area contributed by atoms with E-state index < -0.39 is 6.83 Å². The van der Waals surface area contributed by atoms with Gasteiger partial charge in [-0.15, -0.1) is 0 Å². The van der Waals surface area contributed by atoms with E-state index in [9.17, 15) is 0 Å². The van der Waals surface area contributed by atoms with Crippen molar-refractivity contribution in [2.45, 2.75) is 12.6 Å². The molecule has 1 unspecified atom stereocenters. The van der Waals surface area contributed by atoms with E-state index in [1.807, 2.05) is 0 Å². The molecule has 0 saturated carbocycles. The van der Waals surface area contributed by atoms with Crippen molar-refractivity contribution in [2.24, 2.45) is 0 Å². The molecule has 1 heterocycles. The van der Waals surface area contributed by atoms with Crippen LogP contribution >= 0.6 is 6.83 Å². The summed E-state index contributed by atoms with van der Waals surface area (Å²) < 4.78 is 6.71. The van der Waals surface area contributed by atoms with Crippen LogP contribution in [0.4, 0.5) is 0 Å². The van der Waals surface area contributed by atoms with Gasteiger partial charge in [-0.1, -0.05) is 0 Å². The normalized spacial score (nSPS) is 23.2. The SMILES string of the molecule is CC1COP1(c1ccccc1)(c1ccccc1)c1ccccc1. The van der Waals surface area contributed by atoms with E-state index in [1.165, 1.54) is 15.9 Å². The molecule has 116 valence electrons. The van der Waals surface area contributed by atoms with Crippen LogP contribution in [0.15, 0.2) is 91.0 Å². The molecule has 1 fully saturated rings. The van der Waals surface area contributed by atoms with Crippen LogP contribution in [0.1, 0.15) is 6.92 Å². The van der Waals surface area contributed by atoms with Crippen molar-refractivity contribution in [3.05, 3.63) is 91.0 Å². The van der Waals surface area contributed by atoms with Crippen molar-refractivity contribution in [3.8, 4) is 0 Å². The predicted octanol–water partition coefficient (Wildman–Crippen LogP) is 3.85. The summed E-state index contributed by atoms with van der Waals surface area (Å²) in [5, 5.41) is 3.99. The first-order valence-electron chi connectivity index (χ1n) is 8.12. The van der Waals surface area contributed by atoms with Gasteiger partial charge in [-0.25, -0.2) is 0 Å². The minimum absolute atomic E-state index is 0.480. The Hall–Kier alpha value is -1.95. The summed E-state index contributed by atoms with van der Waals surface area (Å²) in [6.45, 7) is 0.329. The minimum atomic E-state index is -2.83. The zero-order valence-corrected chi connectivity index (χ0v) is 14.2. The van der Waals surface area contributed by atoms with Gasteiger partial charge in [-0.2, -0.15) is 0 Å². The van der Waals surface area contributed by atoms with Crippen LogP contribution in [0, 0.1) is 0 Å². The first-order chi connectivity index (χ1) is 11.3. The summed E-state index contributed by atoms with van der Waals surface area (Å²) in [5.74, 6) is 0. The van der Waals surface area contributed by atoms with E-state index >= 15 is 0 Å². The van der Waals surface area contributed by atoms with E-state index in [4.69, 9.17) is 4.52 Å². The fourth-order valence-electron chi connectivity index (χ4n) is 4.05. The molecule has 0 spiro atoms. The second-order valence-corrected chi connectivity index (χ2v) is 11.1. The van der Waals surface area contributed by atoms with Gasteiger partial charge < -0.3 is 0 Å². The molecular weight excluding hydrogens is 299 g/mol. The van der Waals surface area contributed by atoms with Crippen molar-refractivity contribution < 1.29 is 4.52 Å². The topological polar surface area (TPSA) is 9.23 Å². The van der Waals surface area contributed by atoms with Gasteiger partial charge in [-0.05, 0) is 0 Å². The molecular formula is C21H21OP. The van der Waals surface area contributed by atoms with Crippen LogP contribution in [0.5, 0.6) is 0 Å². The summed E-state index contributed by atoms with van der Waals surface area (Å²) in [4.78, 5) is 0. The molecule has 0 aliphatic carbocycles. The fraction of sp³-hybridized carbons (Fsp3) is 0.143. The van der Waals surface area contributed by atoms with Gasteiger partial charge in [0.05, 0.1) is 0 Å². The van der Waals surface area contributed by atoms with Gasteiger partial charge in [0.1, 0.15) is 0 Å². The van der Waals surface area contributed by atoms with E-state index in [1.54, 1.807) is 0 Å². The molecule has 1 aliphatic heterocycles. The number of hydrogen-bond donors (Lipinski definition) is 0. The van der Waals surface area contributed by atoms with Gasteiger partial charge in [0.2, 0.25) is 0 Å². The fourth-order valence-corrected chi connectivity index (χ4v) is 10.1. The maximum absolute atomic E-state index is 6.71. The predicted molar refractivity (Wildman–Crippen MR) is 101 cm³/mol. The molecule has 1 saturated heterocycles. The third-order valence-electron chi connectivity index (χ3n) is 5.23. The average molecular weight is 320 g/mol. The Morgan fingerprint density at radius 2 is 1.00 bits per heavy atom. The summed E-state index contributed by atoms with van der Waals surface area (Å²) >= 11 is 0. The van der Waals surface area contributed by atoms with Gasteiger partial charge in [0.15, 0.2) is 0 Å². The third-order valence-corrected chi connectivity index (χ3v) is 11.7. The van der Waals surface area contributed by atoms with E-state index in [0.717, 1.165) is 6.61 Å². The van der Waals surface area contributed by atoms with Crippen molar-refractivity contribution in [2.75, 3.05) is 6.61 Å². The second kappa shape index (κ2) is 5.30. The molecule has 3 aromatic carbocycles. The van der Waals surface area contributed by atoms with Gasteiger partial charge >= 0.3 is 137 Å². The zero-order chi connectivity index (χ0) is 15.8. The van der Waals surface area contributed by atoms with E-state index in [-0.39, 0.29) is 0 Å². The van der Waals surface area contributed by atoms with Crippen molar-refractivity contribution in [1.82, 2.24) is 0 Å². The first-order valence-corrected chi connectivity index (χ1v) is 10.3. The molecule has 0 amide bonds. The molecule has 0 N–H and O–H groups in total. The molecule has 23 heavy (non-hydrogen) atoms. The third kappa shape index (κ3) is 1.75. The number of hydrogen-bond acceptors (Lipinski definition) is 1. The van der Waals surface area contributed by atoms with Crippen molar-refractivity contribution >= 4 is 22.7 Å². The molecule has 0 aromatic heterocycles. The number of rotatable bonds is 3. The first kappa shape index (κ1) is 14.6. The molecule has 3 aromatic rings. The second-order valence-electron chi connectivity index (χ2n) is 6.25. The van der Waals surface area contributed by atoms with Gasteiger partial charge in [0.25, 0.3) is 0 Å². The molecule has 4 rings (SSSR count). The summed E-state index contributed by atoms with van der Waals surface area (Å²) in [6.07, 6.45) is 0. The summed E-state index contributed by atoms with van der Waals surface area (Å²) in [5.41, 5.74) is 0.480. The Morgan fingerprint density at radius 1 is 0.652 bits per heavy atom. The molecule has 1 nitrogen and oxygen atoms in total. The van der Waals surface area contributed by atoms with Crippen LogP contribution in [0.2, 0.25) is 0 Å². The Balaban J connectivity index is 2.13. The van der Waals surface area contributed by atoms with E-state index in [2.05, 4.69) is 97.9 Å². The summed E-state index contributed by atoms with van der Waals surface area (Å²) in [7, 11) is 0. The molecule has 1 atom stereocenters. The Morgan fingerprint density at radius 3 is 1.22 bits per heavy atom. The van der Waals surface area contributed by atoms with Crippen molar-refractivity contribution in [3.63, 3.8) is 0 Å². The Kier molecular flexibility index (Phi) is 3.37. The van der Waals surface area contributed by atoms with E-state index in [0.29, 0.717) is 5.66 Å². The molecule has 0 radical (unpaired) electrons. The zero-order valence-electron chi connectivity index (χ0n) is 13.3. The van der Waals surface area contributed by atoms with Crippen molar-refractivity contribution in [1.29, 1.82) is 0 Å². The monoisotopic (exact) mass is 320 g/mol. The van der Waals surface area contributed by atoms with Crippen LogP contribution in [-0.2, 0) is 4.52 Å².